The molecule has 29 heavy (non-hydrogen) atoms. The Hall–Kier alpha value is -2.88. The van der Waals surface area contributed by atoms with Crippen molar-refractivity contribution in [2.45, 2.75) is 19.5 Å². The zero-order chi connectivity index (χ0) is 21.2. The summed E-state index contributed by atoms with van der Waals surface area (Å²) in [6.07, 6.45) is 2.45. The smallest absolute Gasteiger partial charge is 0.387 e. The molecule has 156 valence electrons. The van der Waals surface area contributed by atoms with Gasteiger partial charge in [-0.05, 0) is 48.7 Å². The summed E-state index contributed by atoms with van der Waals surface area (Å²) in [7, 11) is -2.08. The van der Waals surface area contributed by atoms with Gasteiger partial charge in [0.05, 0.1) is 19.1 Å². The summed E-state index contributed by atoms with van der Waals surface area (Å²) >= 11 is 0. The van der Waals surface area contributed by atoms with Crippen LogP contribution < -0.4 is 19.1 Å². The number of hydrogen-bond donors (Lipinski definition) is 1. The maximum absolute atomic E-state index is 12.6. The van der Waals surface area contributed by atoms with E-state index in [0.29, 0.717) is 30.6 Å². The maximum atomic E-state index is 12.6. The van der Waals surface area contributed by atoms with Gasteiger partial charge in [-0.3, -0.25) is 9.10 Å². The minimum atomic E-state index is -3.40. The van der Waals surface area contributed by atoms with Crippen LogP contribution in [-0.4, -0.2) is 40.8 Å². The van der Waals surface area contributed by atoms with Gasteiger partial charge in [-0.15, -0.1) is 0 Å². The highest BCUT2D eigenvalue weighted by molar-refractivity contribution is 7.92. The molecule has 0 aliphatic carbocycles. The fourth-order valence-corrected chi connectivity index (χ4v) is 4.19. The van der Waals surface area contributed by atoms with Crippen molar-refractivity contribution in [2.24, 2.45) is 0 Å². The van der Waals surface area contributed by atoms with Crippen LogP contribution >= 0.6 is 0 Å². The number of halogens is 2. The highest BCUT2D eigenvalue weighted by Gasteiger charge is 2.24. The molecule has 2 aromatic carbocycles. The summed E-state index contributed by atoms with van der Waals surface area (Å²) < 4.78 is 59.7. The highest BCUT2D eigenvalue weighted by Crippen LogP contribution is 2.33. The lowest BCUT2D eigenvalue weighted by Gasteiger charge is -2.29. The van der Waals surface area contributed by atoms with Crippen molar-refractivity contribution in [1.29, 1.82) is 0 Å². The van der Waals surface area contributed by atoms with Gasteiger partial charge in [-0.1, -0.05) is 0 Å². The van der Waals surface area contributed by atoms with Gasteiger partial charge in [0.15, 0.2) is 11.5 Å². The predicted molar refractivity (Wildman–Crippen MR) is 105 cm³/mol. The van der Waals surface area contributed by atoms with Gasteiger partial charge in [0.25, 0.3) is 5.91 Å². The number of sulfonamides is 1. The van der Waals surface area contributed by atoms with Crippen LogP contribution in [0.3, 0.4) is 0 Å². The van der Waals surface area contributed by atoms with E-state index in [4.69, 9.17) is 4.74 Å². The number of benzene rings is 2. The minimum absolute atomic E-state index is 0.109. The molecule has 0 bridgehead atoms. The third-order valence-electron chi connectivity index (χ3n) is 4.46. The Labute approximate surface area is 167 Å². The van der Waals surface area contributed by atoms with Gasteiger partial charge < -0.3 is 14.8 Å². The summed E-state index contributed by atoms with van der Waals surface area (Å²) in [5.74, 6) is -0.551. The van der Waals surface area contributed by atoms with Crippen LogP contribution in [0.1, 0.15) is 22.3 Å². The molecule has 1 aliphatic rings. The van der Waals surface area contributed by atoms with Crippen molar-refractivity contribution in [3.63, 3.8) is 0 Å². The number of fused-ring (bicyclic) bond motifs is 1. The summed E-state index contributed by atoms with van der Waals surface area (Å²) in [5, 5.41) is 2.62. The first-order chi connectivity index (χ1) is 13.7. The molecule has 1 N–H and O–H groups in total. The molecule has 10 heteroatoms. The molecule has 0 fully saturated rings. The number of amides is 1. The lowest BCUT2D eigenvalue weighted by molar-refractivity contribution is -0.0511. The number of carbonyl (C=O) groups excluding carboxylic acids is 1. The summed E-state index contributed by atoms with van der Waals surface area (Å²) in [6.45, 7) is -2.64. The van der Waals surface area contributed by atoms with Crippen molar-refractivity contribution in [3.05, 3.63) is 47.5 Å². The molecule has 1 heterocycles. The van der Waals surface area contributed by atoms with E-state index in [9.17, 15) is 22.0 Å². The monoisotopic (exact) mass is 426 g/mol. The second-order valence-corrected chi connectivity index (χ2v) is 8.39. The lowest BCUT2D eigenvalue weighted by atomic mass is 10.0. The Morgan fingerprint density at radius 3 is 2.59 bits per heavy atom. The van der Waals surface area contributed by atoms with Crippen molar-refractivity contribution in [1.82, 2.24) is 0 Å². The number of methoxy groups -OCH3 is 1. The molecule has 2 aromatic rings. The third kappa shape index (κ3) is 4.76. The van der Waals surface area contributed by atoms with Gasteiger partial charge in [-0.25, -0.2) is 8.42 Å². The largest absolute Gasteiger partial charge is 0.493 e. The summed E-state index contributed by atoms with van der Waals surface area (Å²) in [4.78, 5) is 12.6. The molecule has 3 rings (SSSR count). The average molecular weight is 426 g/mol. The Bertz CT molecular complexity index is 1030. The van der Waals surface area contributed by atoms with Gasteiger partial charge in [-0.2, -0.15) is 8.78 Å². The first-order valence-electron chi connectivity index (χ1n) is 8.74. The molecule has 0 aromatic heterocycles. The van der Waals surface area contributed by atoms with E-state index in [-0.39, 0.29) is 17.2 Å². The first-order valence-corrected chi connectivity index (χ1v) is 10.6. The normalized spacial score (nSPS) is 13.8. The molecule has 1 aliphatic heterocycles. The standard InChI is InChI=1S/C19H20F2N2O5S/c1-27-16-8-6-14(11-17(16)28-19(20)21)22-18(24)13-5-7-15-12(10-13)4-3-9-23(15)29(2,25)26/h5-8,10-11,19H,3-4,9H2,1-2H3,(H,22,24). The number of alkyl halides is 2. The number of nitrogens with zero attached hydrogens (tertiary/aromatic N) is 1. The van der Waals surface area contributed by atoms with E-state index in [1.54, 1.807) is 12.1 Å². The topological polar surface area (TPSA) is 84.9 Å². The van der Waals surface area contributed by atoms with E-state index < -0.39 is 22.5 Å². The van der Waals surface area contributed by atoms with Gasteiger partial charge in [0.2, 0.25) is 10.0 Å². The van der Waals surface area contributed by atoms with Crippen LogP contribution in [0.15, 0.2) is 36.4 Å². The van der Waals surface area contributed by atoms with Crippen LogP contribution in [0.25, 0.3) is 0 Å². The van der Waals surface area contributed by atoms with Crippen molar-refractivity contribution in [3.8, 4) is 11.5 Å². The lowest BCUT2D eigenvalue weighted by Crippen LogP contribution is -2.34. The Morgan fingerprint density at radius 2 is 1.93 bits per heavy atom. The second kappa shape index (κ2) is 8.24. The fourth-order valence-electron chi connectivity index (χ4n) is 3.19. The molecule has 0 radical (unpaired) electrons. The quantitative estimate of drug-likeness (QED) is 0.767. The second-order valence-electron chi connectivity index (χ2n) is 6.48. The number of rotatable bonds is 6. The fraction of sp³-hybridized carbons (Fsp3) is 0.316. The number of hydrogen-bond acceptors (Lipinski definition) is 5. The zero-order valence-electron chi connectivity index (χ0n) is 15.8. The summed E-state index contributed by atoms with van der Waals surface area (Å²) in [6, 6.07) is 8.92. The van der Waals surface area contributed by atoms with E-state index in [2.05, 4.69) is 10.1 Å². The predicted octanol–water partition coefficient (Wildman–Crippen LogP) is 3.26. The van der Waals surface area contributed by atoms with E-state index in [1.807, 2.05) is 0 Å². The Balaban J connectivity index is 1.83. The van der Waals surface area contributed by atoms with Crippen LogP contribution in [-0.2, 0) is 16.4 Å². The molecular formula is C19H20F2N2O5S. The first kappa shape index (κ1) is 20.8. The average Bonchev–Trinajstić information content (AvgIpc) is 2.66. The Kier molecular flexibility index (Phi) is 5.92. The number of ether oxygens (including phenoxy) is 2. The number of aryl methyl sites for hydroxylation is 1. The SMILES string of the molecule is COc1ccc(NC(=O)c2ccc3c(c2)CCCN3S(C)(=O)=O)cc1OC(F)F. The van der Waals surface area contributed by atoms with E-state index in [0.717, 1.165) is 11.8 Å². The highest BCUT2D eigenvalue weighted by atomic mass is 32.2. The molecule has 0 unspecified atom stereocenters. The maximum Gasteiger partial charge on any atom is 0.387 e. The van der Waals surface area contributed by atoms with Crippen molar-refractivity contribution < 1.29 is 31.5 Å². The van der Waals surface area contributed by atoms with Crippen LogP contribution in [0.2, 0.25) is 0 Å². The molecule has 7 nitrogen and oxygen atoms in total. The minimum Gasteiger partial charge on any atom is -0.493 e. The molecular weight excluding hydrogens is 406 g/mol. The van der Waals surface area contributed by atoms with Crippen molar-refractivity contribution in [2.75, 3.05) is 29.5 Å². The van der Waals surface area contributed by atoms with Crippen LogP contribution in [0, 0.1) is 0 Å². The van der Waals surface area contributed by atoms with E-state index >= 15 is 0 Å². The number of anilines is 2. The molecule has 0 spiro atoms. The Morgan fingerprint density at radius 1 is 1.17 bits per heavy atom. The zero-order valence-corrected chi connectivity index (χ0v) is 16.6. The summed E-state index contributed by atoms with van der Waals surface area (Å²) in [5.41, 5.74) is 1.89. The molecule has 0 atom stereocenters. The van der Waals surface area contributed by atoms with Gasteiger partial charge in [0.1, 0.15) is 0 Å². The number of nitrogens with one attached hydrogen (secondary N) is 1. The molecule has 1 amide bonds. The van der Waals surface area contributed by atoms with Gasteiger partial charge in [0, 0.05) is 23.9 Å². The van der Waals surface area contributed by atoms with E-state index in [1.165, 1.54) is 35.7 Å². The van der Waals surface area contributed by atoms with Crippen LogP contribution in [0.5, 0.6) is 11.5 Å². The van der Waals surface area contributed by atoms with Gasteiger partial charge >= 0.3 is 6.61 Å². The van der Waals surface area contributed by atoms with Crippen molar-refractivity contribution >= 4 is 27.3 Å². The number of carbonyl (C=O) groups is 1. The molecule has 0 saturated heterocycles. The molecule has 0 saturated carbocycles. The van der Waals surface area contributed by atoms with Crippen LogP contribution in [0.4, 0.5) is 20.2 Å². The third-order valence-corrected chi connectivity index (χ3v) is 5.64.